The van der Waals surface area contributed by atoms with Crippen LogP contribution in [0.2, 0.25) is 0 Å². The number of hydrogen-bond acceptors (Lipinski definition) is 5. The molecule has 4 aromatic rings. The Morgan fingerprint density at radius 1 is 0.788 bits per heavy atom. The van der Waals surface area contributed by atoms with Gasteiger partial charge in [0.05, 0.1) is 17.3 Å². The second-order valence-corrected chi connectivity index (χ2v) is 7.52. The maximum absolute atomic E-state index is 13.7. The van der Waals surface area contributed by atoms with Crippen LogP contribution in [0.3, 0.4) is 0 Å². The zero-order valence-corrected chi connectivity index (χ0v) is 17.4. The average molecular weight is 452 g/mol. The normalized spacial score (nSPS) is 13.0. The summed E-state index contributed by atoms with van der Waals surface area (Å²) in [7, 11) is 0. The fraction of sp³-hybridized carbons (Fsp3) is 0.120. The Hall–Kier alpha value is -3.91. The van der Waals surface area contributed by atoms with Crippen LogP contribution in [0.1, 0.15) is 35.7 Å². The summed E-state index contributed by atoms with van der Waals surface area (Å²) in [4.78, 5) is 30.3. The number of anilines is 1. The van der Waals surface area contributed by atoms with Gasteiger partial charge in [-0.25, -0.2) is 18.7 Å². The quantitative estimate of drug-likeness (QED) is 0.303. The summed E-state index contributed by atoms with van der Waals surface area (Å²) >= 11 is 0. The predicted octanol–water partition coefficient (Wildman–Crippen LogP) is 4.55. The molecule has 8 heteroatoms. The number of benzene rings is 3. The fourth-order valence-electron chi connectivity index (χ4n) is 3.50. The van der Waals surface area contributed by atoms with Gasteiger partial charge in [-0.2, -0.15) is 0 Å². The van der Waals surface area contributed by atoms with Crippen LogP contribution in [0.15, 0.2) is 82.4 Å². The average Bonchev–Trinajstić information content (AvgIpc) is 2.83. The third kappa shape index (κ3) is 4.65. The van der Waals surface area contributed by atoms with E-state index in [2.05, 4.69) is 10.8 Å². The van der Waals surface area contributed by atoms with Gasteiger partial charge in [-0.3, -0.25) is 14.9 Å². The van der Waals surface area contributed by atoms with E-state index in [0.29, 0.717) is 16.8 Å². The first-order valence-corrected chi connectivity index (χ1v) is 10.1. The molecule has 168 valence electrons. The minimum atomic E-state index is -1.01. The fourth-order valence-corrected chi connectivity index (χ4v) is 3.50. The highest BCUT2D eigenvalue weighted by molar-refractivity contribution is 5.49. The van der Waals surface area contributed by atoms with Crippen LogP contribution in [0.5, 0.6) is 5.75 Å². The van der Waals surface area contributed by atoms with E-state index in [4.69, 9.17) is 4.84 Å². The topological polar surface area (TPSA) is 67.4 Å². The van der Waals surface area contributed by atoms with Crippen molar-refractivity contribution in [2.45, 2.75) is 19.0 Å². The van der Waals surface area contributed by atoms with Crippen molar-refractivity contribution in [2.24, 2.45) is 0 Å². The molecule has 0 saturated carbocycles. The molecule has 0 spiro atoms. The van der Waals surface area contributed by atoms with Gasteiger partial charge in [-0.15, -0.1) is 0 Å². The first kappa shape index (κ1) is 22.3. The van der Waals surface area contributed by atoms with Gasteiger partial charge in [0.15, 0.2) is 11.6 Å². The zero-order valence-electron chi connectivity index (χ0n) is 17.4. The summed E-state index contributed by atoms with van der Waals surface area (Å²) in [6.07, 6.45) is 0. The molecule has 0 aliphatic carbocycles. The molecule has 0 heterocycles. The van der Waals surface area contributed by atoms with Crippen LogP contribution in [0, 0.1) is 17.5 Å². The van der Waals surface area contributed by atoms with Crippen molar-refractivity contribution in [3.05, 3.63) is 127 Å². The summed E-state index contributed by atoms with van der Waals surface area (Å²) in [5.41, 5.74) is 2.60. The Labute approximate surface area is 187 Å². The lowest BCUT2D eigenvalue weighted by Gasteiger charge is -2.26. The zero-order chi connectivity index (χ0) is 23.5. The van der Waals surface area contributed by atoms with E-state index in [1.54, 1.807) is 31.2 Å². The van der Waals surface area contributed by atoms with Crippen molar-refractivity contribution < 1.29 is 18.0 Å². The molecule has 0 amide bonds. The van der Waals surface area contributed by atoms with Gasteiger partial charge in [0.2, 0.25) is 11.2 Å². The molecule has 0 aliphatic heterocycles. The van der Waals surface area contributed by atoms with E-state index in [0.717, 1.165) is 12.1 Å². The maximum atomic E-state index is 13.7. The smallest absolute Gasteiger partial charge is 0.271 e. The maximum Gasteiger partial charge on any atom is 0.271 e. The van der Waals surface area contributed by atoms with Crippen molar-refractivity contribution in [3.8, 4) is 5.75 Å². The first-order valence-electron chi connectivity index (χ1n) is 10.1. The minimum absolute atomic E-state index is 0.0458. The van der Waals surface area contributed by atoms with Gasteiger partial charge < -0.3 is 4.84 Å². The highest BCUT2D eigenvalue weighted by Gasteiger charge is 2.32. The van der Waals surface area contributed by atoms with Crippen molar-refractivity contribution in [1.29, 1.82) is 0 Å². The number of hydrogen-bond donors (Lipinski definition) is 2. The van der Waals surface area contributed by atoms with E-state index >= 15 is 0 Å². The molecule has 0 saturated heterocycles. The lowest BCUT2D eigenvalue weighted by atomic mass is 9.92. The van der Waals surface area contributed by atoms with Crippen molar-refractivity contribution in [2.75, 3.05) is 5.48 Å². The summed E-state index contributed by atoms with van der Waals surface area (Å²) < 4.78 is 40.6. The number of rotatable bonds is 8. The lowest BCUT2D eigenvalue weighted by Crippen LogP contribution is -2.43. The monoisotopic (exact) mass is 452 g/mol. The van der Waals surface area contributed by atoms with Gasteiger partial charge in [0.1, 0.15) is 5.82 Å². The van der Waals surface area contributed by atoms with E-state index in [9.17, 15) is 22.8 Å². The number of para-hydroxylation sites is 1. The van der Waals surface area contributed by atoms with Crippen molar-refractivity contribution in [1.82, 2.24) is 5.32 Å². The summed E-state index contributed by atoms with van der Waals surface area (Å²) in [6, 6.07) is 16.2. The number of halogens is 3. The molecule has 4 aromatic carbocycles. The van der Waals surface area contributed by atoms with Gasteiger partial charge in [0, 0.05) is 6.04 Å². The Morgan fingerprint density at radius 2 is 1.45 bits per heavy atom. The number of nitrogens with one attached hydrogen (secondary N) is 2. The molecule has 0 aliphatic rings. The van der Waals surface area contributed by atoms with Crippen LogP contribution in [-0.2, 0) is 0 Å². The van der Waals surface area contributed by atoms with E-state index in [1.165, 1.54) is 30.3 Å². The standard InChI is InChI=1S/C25H19F3N2O3/c1-14(16-9-12-19(27)20(28)13-16)29-22(15-7-10-17(26)11-8-15)21-23(31)24(32)25(21)33-30-18-5-3-2-4-6-18/h2-14,22,29-30H,1H3. The molecule has 2 unspecified atom stereocenters. The van der Waals surface area contributed by atoms with Crippen molar-refractivity contribution in [3.63, 3.8) is 0 Å². The van der Waals surface area contributed by atoms with Crippen LogP contribution in [-0.4, -0.2) is 0 Å². The molecule has 0 radical (unpaired) electrons. The van der Waals surface area contributed by atoms with Gasteiger partial charge in [-0.1, -0.05) is 36.4 Å². The van der Waals surface area contributed by atoms with Crippen LogP contribution < -0.4 is 26.5 Å². The van der Waals surface area contributed by atoms with E-state index in [1.807, 2.05) is 6.07 Å². The van der Waals surface area contributed by atoms with Gasteiger partial charge in [-0.05, 0) is 54.4 Å². The van der Waals surface area contributed by atoms with Crippen LogP contribution in [0.25, 0.3) is 0 Å². The molecule has 0 aromatic heterocycles. The SMILES string of the molecule is CC(NC(c1ccc(F)cc1)c1c(ONc2ccccc2)c(=O)c1=O)c1ccc(F)c(F)c1. The molecular weight excluding hydrogens is 433 g/mol. The molecule has 4 rings (SSSR count). The van der Waals surface area contributed by atoms with E-state index in [-0.39, 0.29) is 11.3 Å². The first-order chi connectivity index (χ1) is 15.8. The highest BCUT2D eigenvalue weighted by atomic mass is 19.2. The summed E-state index contributed by atoms with van der Waals surface area (Å²) in [5, 5.41) is 3.15. The molecule has 33 heavy (non-hydrogen) atoms. The van der Waals surface area contributed by atoms with Gasteiger partial charge >= 0.3 is 0 Å². The lowest BCUT2D eigenvalue weighted by molar-refractivity contribution is 0.379. The second-order valence-electron chi connectivity index (χ2n) is 7.52. The molecule has 2 atom stereocenters. The minimum Gasteiger partial charge on any atom is -0.377 e. The predicted molar refractivity (Wildman–Crippen MR) is 118 cm³/mol. The second kappa shape index (κ2) is 9.30. The van der Waals surface area contributed by atoms with Gasteiger partial charge in [0.25, 0.3) is 5.43 Å². The summed E-state index contributed by atoms with van der Waals surface area (Å²) in [5.74, 6) is -2.64. The molecular formula is C25H19F3N2O3. The Kier molecular flexibility index (Phi) is 6.28. The molecule has 5 nitrogen and oxygen atoms in total. The van der Waals surface area contributed by atoms with E-state index < -0.39 is 40.4 Å². The highest BCUT2D eigenvalue weighted by Crippen LogP contribution is 2.30. The Balaban J connectivity index is 1.68. The van der Waals surface area contributed by atoms with Crippen LogP contribution in [0.4, 0.5) is 18.9 Å². The third-order valence-corrected chi connectivity index (χ3v) is 5.30. The summed E-state index contributed by atoms with van der Waals surface area (Å²) in [6.45, 7) is 1.69. The molecule has 0 bridgehead atoms. The molecule has 0 fully saturated rings. The molecule has 2 N–H and O–H groups in total. The Morgan fingerprint density at radius 3 is 2.12 bits per heavy atom. The third-order valence-electron chi connectivity index (χ3n) is 5.30. The largest absolute Gasteiger partial charge is 0.377 e. The van der Waals surface area contributed by atoms with Crippen LogP contribution >= 0.6 is 0 Å². The Bertz CT molecular complexity index is 1330. The van der Waals surface area contributed by atoms with Crippen molar-refractivity contribution >= 4 is 5.69 Å².